The van der Waals surface area contributed by atoms with Crippen LogP contribution in [0.25, 0.3) is 0 Å². The van der Waals surface area contributed by atoms with Crippen LogP contribution >= 0.6 is 0 Å². The summed E-state index contributed by atoms with van der Waals surface area (Å²) in [5, 5.41) is 9.82. The Balaban J connectivity index is 1.82. The largest absolute Gasteiger partial charge is 0.480 e. The first-order valence-corrected chi connectivity index (χ1v) is 8.54. The molecule has 0 bridgehead atoms. The number of nitrogens with zero attached hydrogens (tertiary/aromatic N) is 2. The Morgan fingerprint density at radius 2 is 1.84 bits per heavy atom. The van der Waals surface area contributed by atoms with Crippen molar-refractivity contribution in [3.05, 3.63) is 60.2 Å². The molecule has 3 rings (SSSR count). The van der Waals surface area contributed by atoms with Crippen LogP contribution in [0.15, 0.2) is 54.6 Å². The lowest BCUT2D eigenvalue weighted by Gasteiger charge is -2.40. The minimum Gasteiger partial charge on any atom is -0.480 e. The van der Waals surface area contributed by atoms with E-state index in [1.807, 2.05) is 59.5 Å². The van der Waals surface area contributed by atoms with Crippen molar-refractivity contribution in [1.82, 2.24) is 9.80 Å². The molecule has 0 spiro atoms. The van der Waals surface area contributed by atoms with E-state index in [1.54, 1.807) is 0 Å². The molecule has 0 aliphatic carbocycles. The Hall–Kier alpha value is -2.37. The Morgan fingerprint density at radius 3 is 2.52 bits per heavy atom. The number of piperazine rings is 1. The van der Waals surface area contributed by atoms with Crippen molar-refractivity contribution in [1.29, 1.82) is 0 Å². The van der Waals surface area contributed by atoms with Crippen LogP contribution in [0, 0.1) is 0 Å². The lowest BCUT2D eigenvalue weighted by molar-refractivity contribution is -0.144. The number of benzene rings is 2. The maximum atomic E-state index is 12.0. The molecule has 1 heterocycles. The Kier molecular flexibility index (Phi) is 5.36. The predicted octanol–water partition coefficient (Wildman–Crippen LogP) is 3.24. The molecule has 1 aliphatic heterocycles. The fourth-order valence-corrected chi connectivity index (χ4v) is 3.19. The average molecular weight is 340 g/mol. The highest BCUT2D eigenvalue weighted by molar-refractivity contribution is 5.75. The van der Waals surface area contributed by atoms with Crippen molar-refractivity contribution >= 4 is 5.97 Å². The van der Waals surface area contributed by atoms with Crippen LogP contribution in [0.2, 0.25) is 0 Å². The standard InChI is InChI=1S/C20H24N2O3/c1-15-14-22(12-11-21(15)2)19(20(23)24)16-7-6-10-18(13-16)25-17-8-4-3-5-9-17/h3-10,13,15,19H,11-12,14H2,1-2H3,(H,23,24). The normalized spacial score (nSPS) is 20.2. The quantitative estimate of drug-likeness (QED) is 0.905. The van der Waals surface area contributed by atoms with Gasteiger partial charge in [0.1, 0.15) is 17.5 Å². The number of carboxylic acid groups (broad SMARTS) is 1. The van der Waals surface area contributed by atoms with E-state index in [4.69, 9.17) is 4.74 Å². The van der Waals surface area contributed by atoms with Gasteiger partial charge in [0.15, 0.2) is 0 Å². The van der Waals surface area contributed by atoms with Gasteiger partial charge in [-0.2, -0.15) is 0 Å². The number of carbonyl (C=O) groups is 1. The van der Waals surface area contributed by atoms with Crippen molar-refractivity contribution in [3.63, 3.8) is 0 Å². The molecule has 5 heteroatoms. The summed E-state index contributed by atoms with van der Waals surface area (Å²) in [7, 11) is 2.08. The number of likely N-dealkylation sites (N-methyl/N-ethyl adjacent to an activating group) is 1. The molecule has 1 N–H and O–H groups in total. The lowest BCUT2D eigenvalue weighted by atomic mass is 10.0. The molecule has 132 valence electrons. The Bertz CT molecular complexity index is 720. The maximum Gasteiger partial charge on any atom is 0.325 e. The number of hydrogen-bond acceptors (Lipinski definition) is 4. The van der Waals surface area contributed by atoms with Crippen molar-refractivity contribution in [2.75, 3.05) is 26.7 Å². The van der Waals surface area contributed by atoms with Gasteiger partial charge >= 0.3 is 5.97 Å². The van der Waals surface area contributed by atoms with E-state index >= 15 is 0 Å². The summed E-state index contributed by atoms with van der Waals surface area (Å²) in [6, 6.07) is 16.6. The number of para-hydroxylation sites is 1. The van der Waals surface area contributed by atoms with Gasteiger partial charge in [0.25, 0.3) is 0 Å². The van der Waals surface area contributed by atoms with Crippen molar-refractivity contribution in [2.24, 2.45) is 0 Å². The van der Waals surface area contributed by atoms with Gasteiger partial charge in [-0.1, -0.05) is 30.3 Å². The second-order valence-electron chi connectivity index (χ2n) is 6.55. The van der Waals surface area contributed by atoms with E-state index in [0.29, 0.717) is 11.8 Å². The van der Waals surface area contributed by atoms with Gasteiger partial charge in [0.2, 0.25) is 0 Å². The zero-order valence-electron chi connectivity index (χ0n) is 14.6. The monoisotopic (exact) mass is 340 g/mol. The molecule has 0 saturated carbocycles. The van der Waals surface area contributed by atoms with E-state index in [-0.39, 0.29) is 0 Å². The molecule has 1 fully saturated rings. The molecule has 0 amide bonds. The molecular weight excluding hydrogens is 316 g/mol. The smallest absolute Gasteiger partial charge is 0.325 e. The van der Waals surface area contributed by atoms with E-state index in [9.17, 15) is 9.90 Å². The average Bonchev–Trinajstić information content (AvgIpc) is 2.59. The topological polar surface area (TPSA) is 53.0 Å². The first-order chi connectivity index (χ1) is 12.0. The predicted molar refractivity (Wildman–Crippen MR) is 97.0 cm³/mol. The van der Waals surface area contributed by atoms with E-state index < -0.39 is 12.0 Å². The second kappa shape index (κ2) is 7.68. The number of hydrogen-bond donors (Lipinski definition) is 1. The molecule has 2 aromatic carbocycles. The Morgan fingerprint density at radius 1 is 1.12 bits per heavy atom. The second-order valence-corrected chi connectivity index (χ2v) is 6.55. The van der Waals surface area contributed by atoms with Gasteiger partial charge in [-0.05, 0) is 43.8 Å². The highest BCUT2D eigenvalue weighted by Crippen LogP contribution is 2.29. The molecule has 1 aliphatic rings. The minimum atomic E-state index is -0.825. The molecule has 0 aromatic heterocycles. The highest BCUT2D eigenvalue weighted by atomic mass is 16.5. The molecule has 1 saturated heterocycles. The van der Waals surface area contributed by atoms with Gasteiger partial charge in [-0.15, -0.1) is 0 Å². The number of ether oxygens (including phenoxy) is 1. The first-order valence-electron chi connectivity index (χ1n) is 8.54. The van der Waals surface area contributed by atoms with Gasteiger partial charge in [-0.25, -0.2) is 0 Å². The van der Waals surface area contributed by atoms with Crippen LogP contribution in [0.3, 0.4) is 0 Å². The fourth-order valence-electron chi connectivity index (χ4n) is 3.19. The van der Waals surface area contributed by atoms with Crippen molar-refractivity contribution in [3.8, 4) is 11.5 Å². The molecule has 2 unspecified atom stereocenters. The summed E-state index contributed by atoms with van der Waals surface area (Å²) in [4.78, 5) is 16.3. The zero-order valence-corrected chi connectivity index (χ0v) is 14.6. The third kappa shape index (κ3) is 4.18. The van der Waals surface area contributed by atoms with E-state index in [2.05, 4.69) is 18.9 Å². The van der Waals surface area contributed by atoms with Gasteiger partial charge in [0.05, 0.1) is 0 Å². The summed E-state index contributed by atoms with van der Waals surface area (Å²) in [5.74, 6) is 0.561. The summed E-state index contributed by atoms with van der Waals surface area (Å²) in [6.45, 7) is 4.46. The van der Waals surface area contributed by atoms with Crippen LogP contribution in [0.4, 0.5) is 0 Å². The molecule has 0 radical (unpaired) electrons. The van der Waals surface area contributed by atoms with Crippen molar-refractivity contribution in [2.45, 2.75) is 19.0 Å². The summed E-state index contributed by atoms with van der Waals surface area (Å²) in [6.07, 6.45) is 0. The molecular formula is C20H24N2O3. The van der Waals surface area contributed by atoms with Gasteiger partial charge in [0, 0.05) is 25.7 Å². The number of carboxylic acids is 1. The van der Waals surface area contributed by atoms with E-state index in [0.717, 1.165) is 30.9 Å². The summed E-state index contributed by atoms with van der Waals surface area (Å²) >= 11 is 0. The van der Waals surface area contributed by atoms with Crippen LogP contribution in [0.1, 0.15) is 18.5 Å². The third-order valence-electron chi connectivity index (χ3n) is 4.74. The molecule has 5 nitrogen and oxygen atoms in total. The molecule has 25 heavy (non-hydrogen) atoms. The number of rotatable bonds is 5. The highest BCUT2D eigenvalue weighted by Gasteiger charge is 2.32. The van der Waals surface area contributed by atoms with Crippen LogP contribution < -0.4 is 4.74 Å². The van der Waals surface area contributed by atoms with Crippen LogP contribution in [-0.4, -0.2) is 53.6 Å². The maximum absolute atomic E-state index is 12.0. The third-order valence-corrected chi connectivity index (χ3v) is 4.74. The Labute approximate surface area is 148 Å². The first kappa shape index (κ1) is 17.5. The van der Waals surface area contributed by atoms with Crippen molar-refractivity contribution < 1.29 is 14.6 Å². The lowest BCUT2D eigenvalue weighted by Crippen LogP contribution is -2.52. The number of aliphatic carboxylic acids is 1. The molecule has 2 aromatic rings. The summed E-state index contributed by atoms with van der Waals surface area (Å²) in [5.41, 5.74) is 0.748. The van der Waals surface area contributed by atoms with Crippen LogP contribution in [0.5, 0.6) is 11.5 Å². The van der Waals surface area contributed by atoms with E-state index in [1.165, 1.54) is 0 Å². The minimum absolute atomic E-state index is 0.333. The summed E-state index contributed by atoms with van der Waals surface area (Å²) < 4.78 is 5.85. The van der Waals surface area contributed by atoms with Gasteiger partial charge < -0.3 is 14.7 Å². The van der Waals surface area contributed by atoms with Gasteiger partial charge in [-0.3, -0.25) is 9.69 Å². The fraction of sp³-hybridized carbons (Fsp3) is 0.350. The molecule has 2 atom stereocenters. The SMILES string of the molecule is CC1CN(C(C(=O)O)c2cccc(Oc3ccccc3)c2)CCN1C. The van der Waals surface area contributed by atoms with Crippen LogP contribution in [-0.2, 0) is 4.79 Å². The zero-order chi connectivity index (χ0) is 17.8.